The Bertz CT molecular complexity index is 557. The van der Waals surface area contributed by atoms with Crippen LogP contribution < -0.4 is 11.1 Å². The van der Waals surface area contributed by atoms with E-state index in [0.717, 1.165) is 10.9 Å². The number of nitrogens with one attached hydrogen (secondary N) is 2. The van der Waals surface area contributed by atoms with Crippen LogP contribution in [-0.2, 0) is 4.79 Å². The first-order chi connectivity index (χ1) is 8.60. The van der Waals surface area contributed by atoms with Gasteiger partial charge in [0.2, 0.25) is 5.91 Å². The predicted molar refractivity (Wildman–Crippen MR) is 72.2 cm³/mol. The number of anilines is 1. The van der Waals surface area contributed by atoms with Crippen LogP contribution in [0.4, 0.5) is 5.69 Å². The molecule has 0 fully saturated rings. The van der Waals surface area contributed by atoms with Gasteiger partial charge in [-0.15, -0.1) is 0 Å². The second-order valence-corrected chi connectivity index (χ2v) is 4.46. The number of amides is 1. The molecule has 1 aromatic heterocycles. The summed E-state index contributed by atoms with van der Waals surface area (Å²) in [5.41, 5.74) is 6.79. The van der Waals surface area contributed by atoms with E-state index >= 15 is 0 Å². The average molecular weight is 246 g/mol. The second kappa shape index (κ2) is 4.78. The number of rotatable bonds is 4. The van der Waals surface area contributed by atoms with E-state index in [-0.39, 0.29) is 5.91 Å². The van der Waals surface area contributed by atoms with Gasteiger partial charge in [-0.25, -0.2) is 0 Å². The lowest BCUT2D eigenvalue weighted by atomic mass is 9.93. The van der Waals surface area contributed by atoms with Crippen molar-refractivity contribution in [2.24, 2.45) is 5.73 Å². The van der Waals surface area contributed by atoms with Gasteiger partial charge in [-0.1, -0.05) is 26.0 Å². The van der Waals surface area contributed by atoms with Crippen LogP contribution in [0.15, 0.2) is 24.4 Å². The molecule has 0 radical (unpaired) electrons. The molecule has 0 atom stereocenters. The quantitative estimate of drug-likeness (QED) is 0.771. The molecule has 0 saturated carbocycles. The molecule has 0 aliphatic heterocycles. The molecule has 0 aliphatic rings. The van der Waals surface area contributed by atoms with Gasteiger partial charge in [0, 0.05) is 5.39 Å². The van der Waals surface area contributed by atoms with Crippen LogP contribution >= 0.6 is 0 Å². The number of hydrogen-bond donors (Lipinski definition) is 3. The summed E-state index contributed by atoms with van der Waals surface area (Å²) in [5.74, 6) is -0.158. The fraction of sp³-hybridized carbons (Fsp3) is 0.385. The minimum atomic E-state index is -0.817. The Labute approximate surface area is 106 Å². The number of carbonyl (C=O) groups is 1. The molecule has 1 amide bonds. The summed E-state index contributed by atoms with van der Waals surface area (Å²) in [4.78, 5) is 12.2. The largest absolute Gasteiger partial charge is 0.323 e. The second-order valence-electron chi connectivity index (χ2n) is 4.46. The molecule has 5 heteroatoms. The summed E-state index contributed by atoms with van der Waals surface area (Å²) in [5, 5.41) is 10.7. The Hall–Kier alpha value is -1.88. The Balaban J connectivity index is 2.29. The van der Waals surface area contributed by atoms with Crippen molar-refractivity contribution in [3.05, 3.63) is 24.4 Å². The van der Waals surface area contributed by atoms with Gasteiger partial charge < -0.3 is 11.1 Å². The molecule has 96 valence electrons. The molecule has 5 nitrogen and oxygen atoms in total. The highest BCUT2D eigenvalue weighted by Gasteiger charge is 2.30. The molecule has 0 spiro atoms. The summed E-state index contributed by atoms with van der Waals surface area (Å²) in [6.45, 7) is 3.83. The normalized spacial score (nSPS) is 11.7. The van der Waals surface area contributed by atoms with Crippen molar-refractivity contribution in [2.45, 2.75) is 32.2 Å². The van der Waals surface area contributed by atoms with Gasteiger partial charge >= 0.3 is 0 Å². The molecule has 18 heavy (non-hydrogen) atoms. The maximum Gasteiger partial charge on any atom is 0.244 e. The first-order valence-corrected chi connectivity index (χ1v) is 6.13. The highest BCUT2D eigenvalue weighted by molar-refractivity contribution is 6.03. The van der Waals surface area contributed by atoms with Gasteiger partial charge in [-0.05, 0) is 18.9 Å². The Morgan fingerprint density at radius 1 is 1.44 bits per heavy atom. The lowest BCUT2D eigenvalue weighted by molar-refractivity contribution is -0.121. The minimum absolute atomic E-state index is 0.158. The van der Waals surface area contributed by atoms with Crippen molar-refractivity contribution < 1.29 is 4.79 Å². The third kappa shape index (κ3) is 2.09. The Kier molecular flexibility index (Phi) is 3.34. The van der Waals surface area contributed by atoms with Crippen molar-refractivity contribution in [3.8, 4) is 0 Å². The van der Waals surface area contributed by atoms with E-state index in [1.54, 1.807) is 6.20 Å². The monoisotopic (exact) mass is 246 g/mol. The number of carbonyl (C=O) groups excluding carboxylic acids is 1. The number of benzene rings is 1. The third-order valence-corrected chi connectivity index (χ3v) is 3.44. The fourth-order valence-corrected chi connectivity index (χ4v) is 1.89. The molecule has 0 unspecified atom stereocenters. The first kappa shape index (κ1) is 12.6. The summed E-state index contributed by atoms with van der Waals surface area (Å²) >= 11 is 0. The van der Waals surface area contributed by atoms with E-state index in [1.807, 2.05) is 32.0 Å². The van der Waals surface area contributed by atoms with Crippen molar-refractivity contribution in [1.82, 2.24) is 10.2 Å². The van der Waals surface area contributed by atoms with Gasteiger partial charge in [0.1, 0.15) is 0 Å². The first-order valence-electron chi connectivity index (χ1n) is 6.13. The van der Waals surface area contributed by atoms with Gasteiger partial charge in [0.25, 0.3) is 0 Å². The van der Waals surface area contributed by atoms with E-state index in [2.05, 4.69) is 15.5 Å². The van der Waals surface area contributed by atoms with E-state index in [1.165, 1.54) is 0 Å². The summed E-state index contributed by atoms with van der Waals surface area (Å²) in [7, 11) is 0. The number of aromatic amines is 1. The van der Waals surface area contributed by atoms with Gasteiger partial charge in [-0.2, -0.15) is 5.10 Å². The van der Waals surface area contributed by atoms with Crippen molar-refractivity contribution in [3.63, 3.8) is 0 Å². The minimum Gasteiger partial charge on any atom is -0.323 e. The lowest BCUT2D eigenvalue weighted by Gasteiger charge is -2.25. The molecular weight excluding hydrogens is 228 g/mol. The zero-order valence-electron chi connectivity index (χ0n) is 10.7. The van der Waals surface area contributed by atoms with Crippen LogP contribution in [0.5, 0.6) is 0 Å². The van der Waals surface area contributed by atoms with Gasteiger partial charge in [0.15, 0.2) is 0 Å². The SMILES string of the molecule is CCC(N)(CC)C(=O)Nc1cccc2cn[nH]c12. The van der Waals surface area contributed by atoms with E-state index < -0.39 is 5.54 Å². The van der Waals surface area contributed by atoms with E-state index in [9.17, 15) is 4.79 Å². The third-order valence-electron chi connectivity index (χ3n) is 3.44. The highest BCUT2D eigenvalue weighted by Crippen LogP contribution is 2.22. The predicted octanol–water partition coefficient (Wildman–Crippen LogP) is 2.02. The van der Waals surface area contributed by atoms with Crippen LogP contribution in [-0.4, -0.2) is 21.6 Å². The summed E-state index contributed by atoms with van der Waals surface area (Å²) < 4.78 is 0. The molecular formula is C13H18N4O. The molecule has 2 rings (SSSR count). The molecule has 0 saturated heterocycles. The van der Waals surface area contributed by atoms with Gasteiger partial charge in [-0.3, -0.25) is 9.89 Å². The fourth-order valence-electron chi connectivity index (χ4n) is 1.89. The summed E-state index contributed by atoms with van der Waals surface area (Å²) in [6, 6.07) is 5.65. The highest BCUT2D eigenvalue weighted by atomic mass is 16.2. The van der Waals surface area contributed by atoms with Crippen LogP contribution in [0.25, 0.3) is 10.9 Å². The number of hydrogen-bond acceptors (Lipinski definition) is 3. The standard InChI is InChI=1S/C13H18N4O/c1-3-13(14,4-2)12(18)16-10-7-5-6-9-8-15-17-11(9)10/h5-8H,3-4,14H2,1-2H3,(H,15,17)(H,16,18). The molecule has 4 N–H and O–H groups in total. The number of fused-ring (bicyclic) bond motifs is 1. The number of nitrogens with zero attached hydrogens (tertiary/aromatic N) is 1. The van der Waals surface area contributed by atoms with Crippen molar-refractivity contribution >= 4 is 22.5 Å². The Morgan fingerprint density at radius 2 is 2.17 bits per heavy atom. The van der Waals surface area contributed by atoms with Crippen LogP contribution in [0.1, 0.15) is 26.7 Å². The number of H-pyrrole nitrogens is 1. The van der Waals surface area contributed by atoms with Crippen molar-refractivity contribution in [1.29, 1.82) is 0 Å². The maximum absolute atomic E-state index is 12.2. The maximum atomic E-state index is 12.2. The number of nitrogens with two attached hydrogens (primary N) is 1. The molecule has 2 aromatic rings. The zero-order valence-corrected chi connectivity index (χ0v) is 10.7. The summed E-state index contributed by atoms with van der Waals surface area (Å²) in [6.07, 6.45) is 2.93. The topological polar surface area (TPSA) is 83.8 Å². The zero-order chi connectivity index (χ0) is 13.2. The number of aromatic nitrogens is 2. The smallest absolute Gasteiger partial charge is 0.244 e. The molecule has 0 bridgehead atoms. The van der Waals surface area contributed by atoms with Crippen LogP contribution in [0.3, 0.4) is 0 Å². The molecule has 0 aliphatic carbocycles. The molecule has 1 aromatic carbocycles. The van der Waals surface area contributed by atoms with E-state index in [4.69, 9.17) is 5.73 Å². The Morgan fingerprint density at radius 3 is 2.83 bits per heavy atom. The lowest BCUT2D eigenvalue weighted by Crippen LogP contribution is -2.50. The number of para-hydroxylation sites is 1. The van der Waals surface area contributed by atoms with Crippen LogP contribution in [0.2, 0.25) is 0 Å². The van der Waals surface area contributed by atoms with Crippen molar-refractivity contribution in [2.75, 3.05) is 5.32 Å². The van der Waals surface area contributed by atoms with E-state index in [0.29, 0.717) is 18.5 Å². The van der Waals surface area contributed by atoms with Crippen LogP contribution in [0, 0.1) is 0 Å². The average Bonchev–Trinajstić information content (AvgIpc) is 2.87. The molecule has 1 heterocycles. The van der Waals surface area contributed by atoms with Gasteiger partial charge in [0.05, 0.1) is 22.9 Å².